The van der Waals surface area contributed by atoms with Gasteiger partial charge in [0, 0.05) is 31.0 Å². The van der Waals surface area contributed by atoms with Crippen molar-refractivity contribution in [1.29, 1.82) is 0 Å². The average molecular weight is 301 g/mol. The van der Waals surface area contributed by atoms with E-state index in [-0.39, 0.29) is 6.10 Å². The van der Waals surface area contributed by atoms with Crippen LogP contribution in [0.25, 0.3) is 0 Å². The van der Waals surface area contributed by atoms with Crippen LogP contribution in [-0.2, 0) is 0 Å². The molecule has 1 aromatic rings. The van der Waals surface area contributed by atoms with Gasteiger partial charge >= 0.3 is 0 Å². The summed E-state index contributed by atoms with van der Waals surface area (Å²) in [6.45, 7) is 1.07. The molecule has 0 radical (unpaired) electrons. The molecular formula is C13H17ClN2O2S. The largest absolute Gasteiger partial charge is 0.488 e. The van der Waals surface area contributed by atoms with Crippen molar-refractivity contribution in [3.8, 4) is 5.75 Å². The minimum Gasteiger partial charge on any atom is -0.488 e. The Morgan fingerprint density at radius 2 is 2.37 bits per heavy atom. The Morgan fingerprint density at radius 3 is 2.95 bits per heavy atom. The minimum absolute atomic E-state index is 0.179. The molecule has 2 bridgehead atoms. The highest BCUT2D eigenvalue weighted by Gasteiger charge is 2.40. The van der Waals surface area contributed by atoms with Crippen molar-refractivity contribution in [3.63, 3.8) is 0 Å². The van der Waals surface area contributed by atoms with E-state index in [1.165, 1.54) is 24.2 Å². The molecule has 0 spiro atoms. The Morgan fingerprint density at radius 1 is 1.58 bits per heavy atom. The van der Waals surface area contributed by atoms with Gasteiger partial charge in [0.05, 0.1) is 4.34 Å². The molecule has 3 heterocycles. The first-order valence-electron chi connectivity index (χ1n) is 6.50. The predicted octanol–water partition coefficient (Wildman–Crippen LogP) is 2.36. The van der Waals surface area contributed by atoms with Gasteiger partial charge in [-0.3, -0.25) is 4.79 Å². The summed E-state index contributed by atoms with van der Waals surface area (Å²) in [4.78, 5) is 14.2. The number of halogens is 1. The molecule has 0 aromatic carbocycles. The van der Waals surface area contributed by atoms with Gasteiger partial charge in [0.15, 0.2) is 0 Å². The maximum Gasteiger partial charge on any atom is 0.262 e. The number of piperidine rings is 2. The van der Waals surface area contributed by atoms with Gasteiger partial charge in [-0.1, -0.05) is 11.6 Å². The van der Waals surface area contributed by atoms with Gasteiger partial charge in [-0.05, 0) is 19.9 Å². The molecule has 1 saturated carbocycles. The van der Waals surface area contributed by atoms with E-state index in [1.807, 2.05) is 0 Å². The summed E-state index contributed by atoms with van der Waals surface area (Å²) in [6.07, 6.45) is 3.64. The molecule has 1 amide bonds. The Balaban J connectivity index is 1.77. The lowest BCUT2D eigenvalue weighted by Gasteiger charge is -2.47. The number of carbonyl (C=O) groups excluding carboxylic acids is 1. The molecule has 6 heteroatoms. The lowest BCUT2D eigenvalue weighted by atomic mass is 9.78. The quantitative estimate of drug-likeness (QED) is 0.932. The highest BCUT2D eigenvalue weighted by Crippen LogP contribution is 2.39. The van der Waals surface area contributed by atoms with Gasteiger partial charge in [-0.2, -0.15) is 0 Å². The first kappa shape index (κ1) is 13.2. The normalized spacial score (nSPS) is 30.5. The number of primary amides is 1. The summed E-state index contributed by atoms with van der Waals surface area (Å²) in [6, 6.07) is 2.30. The predicted molar refractivity (Wildman–Crippen MR) is 76.0 cm³/mol. The molecule has 3 atom stereocenters. The number of nitrogens with zero attached hydrogens (tertiary/aromatic N) is 1. The van der Waals surface area contributed by atoms with Crippen LogP contribution >= 0.6 is 22.9 Å². The molecule has 2 saturated heterocycles. The Labute approximate surface area is 121 Å². The number of amides is 1. The molecule has 104 valence electrons. The number of nitrogens with two attached hydrogens (primary N) is 1. The standard InChI is InChI=1S/C13H17ClN2O2S/c1-16-6-7-2-3-8(16)4-9(7)18-10-5-11(14)19-12(10)13(15)17/h5,7-9H,2-4,6H2,1H3,(H2,15,17). The molecule has 3 unspecified atom stereocenters. The molecule has 19 heavy (non-hydrogen) atoms. The van der Waals surface area contributed by atoms with Crippen molar-refractivity contribution in [2.24, 2.45) is 11.7 Å². The van der Waals surface area contributed by atoms with E-state index in [1.54, 1.807) is 6.07 Å². The number of fused-ring (bicyclic) bond motifs is 3. The maximum absolute atomic E-state index is 11.4. The third kappa shape index (κ3) is 2.47. The third-order valence-electron chi connectivity index (χ3n) is 4.22. The van der Waals surface area contributed by atoms with Crippen LogP contribution in [0.15, 0.2) is 6.07 Å². The SMILES string of the molecule is CN1CC2CCC1CC2Oc1cc(Cl)sc1C(N)=O. The summed E-state index contributed by atoms with van der Waals surface area (Å²) in [5, 5.41) is 0. The van der Waals surface area contributed by atoms with E-state index >= 15 is 0 Å². The van der Waals surface area contributed by atoms with Crippen LogP contribution in [0.3, 0.4) is 0 Å². The van der Waals surface area contributed by atoms with Gasteiger partial charge in [0.1, 0.15) is 16.7 Å². The topological polar surface area (TPSA) is 55.6 Å². The van der Waals surface area contributed by atoms with Gasteiger partial charge in [0.2, 0.25) is 0 Å². The van der Waals surface area contributed by atoms with Crippen molar-refractivity contribution in [1.82, 2.24) is 4.90 Å². The molecular weight excluding hydrogens is 284 g/mol. The molecule has 1 aliphatic carbocycles. The first-order chi connectivity index (χ1) is 9.04. The van der Waals surface area contributed by atoms with E-state index in [4.69, 9.17) is 22.1 Å². The number of hydrogen-bond acceptors (Lipinski definition) is 4. The molecule has 2 N–H and O–H groups in total. The number of rotatable bonds is 3. The fourth-order valence-corrected chi connectivity index (χ4v) is 4.21. The van der Waals surface area contributed by atoms with Crippen molar-refractivity contribution in [2.75, 3.05) is 13.6 Å². The lowest BCUT2D eigenvalue weighted by Crippen LogP contribution is -2.54. The molecule has 3 fully saturated rings. The van der Waals surface area contributed by atoms with E-state index in [0.29, 0.717) is 26.9 Å². The lowest BCUT2D eigenvalue weighted by molar-refractivity contribution is -0.0246. The van der Waals surface area contributed by atoms with E-state index in [9.17, 15) is 4.79 Å². The molecule has 4 rings (SSSR count). The van der Waals surface area contributed by atoms with Crippen LogP contribution < -0.4 is 10.5 Å². The smallest absolute Gasteiger partial charge is 0.262 e. The fraction of sp³-hybridized carbons (Fsp3) is 0.615. The number of hydrogen-bond donors (Lipinski definition) is 1. The summed E-state index contributed by atoms with van der Waals surface area (Å²) < 4.78 is 6.59. The van der Waals surface area contributed by atoms with Crippen LogP contribution in [-0.4, -0.2) is 36.5 Å². The van der Waals surface area contributed by atoms with Crippen molar-refractivity contribution in [3.05, 3.63) is 15.3 Å². The van der Waals surface area contributed by atoms with E-state index in [0.717, 1.165) is 13.0 Å². The Hall–Kier alpha value is -0.780. The number of ether oxygens (including phenoxy) is 1. The van der Waals surface area contributed by atoms with Gasteiger partial charge in [-0.25, -0.2) is 0 Å². The van der Waals surface area contributed by atoms with Crippen molar-refractivity contribution < 1.29 is 9.53 Å². The van der Waals surface area contributed by atoms with Crippen molar-refractivity contribution >= 4 is 28.8 Å². The minimum atomic E-state index is -0.468. The van der Waals surface area contributed by atoms with Crippen LogP contribution in [0.2, 0.25) is 4.34 Å². The molecule has 3 aliphatic rings. The second-order valence-corrected chi connectivity index (χ2v) is 7.11. The van der Waals surface area contributed by atoms with Gasteiger partial charge in [-0.15, -0.1) is 11.3 Å². The van der Waals surface area contributed by atoms with Gasteiger partial charge in [0.25, 0.3) is 5.91 Å². The summed E-state index contributed by atoms with van der Waals surface area (Å²) in [5.41, 5.74) is 5.36. The average Bonchev–Trinajstić information content (AvgIpc) is 2.72. The zero-order chi connectivity index (χ0) is 13.6. The second-order valence-electron chi connectivity index (χ2n) is 5.43. The zero-order valence-electron chi connectivity index (χ0n) is 10.8. The van der Waals surface area contributed by atoms with Gasteiger partial charge < -0.3 is 15.4 Å². The highest BCUT2D eigenvalue weighted by molar-refractivity contribution is 7.18. The zero-order valence-corrected chi connectivity index (χ0v) is 12.3. The number of thiophene rings is 1. The monoisotopic (exact) mass is 300 g/mol. The third-order valence-corrected chi connectivity index (χ3v) is 5.48. The van der Waals surface area contributed by atoms with E-state index < -0.39 is 5.91 Å². The van der Waals surface area contributed by atoms with Crippen LogP contribution in [0.4, 0.5) is 0 Å². The molecule has 4 nitrogen and oxygen atoms in total. The number of carbonyl (C=O) groups is 1. The summed E-state index contributed by atoms with van der Waals surface area (Å²) in [5.74, 6) is 0.627. The fourth-order valence-electron chi connectivity index (χ4n) is 3.21. The molecule has 1 aromatic heterocycles. The maximum atomic E-state index is 11.4. The van der Waals surface area contributed by atoms with Crippen molar-refractivity contribution in [2.45, 2.75) is 31.4 Å². The van der Waals surface area contributed by atoms with E-state index in [2.05, 4.69) is 11.9 Å². The first-order valence-corrected chi connectivity index (χ1v) is 7.70. The Bertz CT molecular complexity index is 505. The molecule has 2 aliphatic heterocycles. The Kier molecular flexibility index (Phi) is 3.45. The van der Waals surface area contributed by atoms with Crippen LogP contribution in [0, 0.1) is 5.92 Å². The highest BCUT2D eigenvalue weighted by atomic mass is 35.5. The summed E-state index contributed by atoms with van der Waals surface area (Å²) >= 11 is 7.14. The van der Waals surface area contributed by atoms with Crippen LogP contribution in [0.1, 0.15) is 28.9 Å². The van der Waals surface area contributed by atoms with Crippen LogP contribution in [0.5, 0.6) is 5.75 Å². The summed E-state index contributed by atoms with van der Waals surface area (Å²) in [7, 11) is 2.17. The second kappa shape index (κ2) is 4.96.